The molecule has 2 aromatic rings. The molecule has 33 heavy (non-hydrogen) atoms. The van der Waals surface area contributed by atoms with Crippen LogP contribution in [0.3, 0.4) is 0 Å². The van der Waals surface area contributed by atoms with E-state index in [1.54, 1.807) is 4.68 Å². The van der Waals surface area contributed by atoms with Crippen LogP contribution in [0.25, 0.3) is 0 Å². The molecule has 10 nitrogen and oxygen atoms in total. The molecule has 6 rings (SSSR count). The minimum absolute atomic E-state index is 0.162. The van der Waals surface area contributed by atoms with E-state index < -0.39 is 15.9 Å². The van der Waals surface area contributed by atoms with E-state index in [-0.39, 0.29) is 10.9 Å². The Morgan fingerprint density at radius 3 is 2.85 bits per heavy atom. The first kappa shape index (κ1) is 21.1. The van der Waals surface area contributed by atoms with E-state index in [4.69, 9.17) is 14.9 Å². The maximum absolute atomic E-state index is 13.3. The van der Waals surface area contributed by atoms with Crippen molar-refractivity contribution in [2.45, 2.75) is 68.8 Å². The lowest BCUT2D eigenvalue weighted by molar-refractivity contribution is 0.0417. The van der Waals surface area contributed by atoms with Crippen molar-refractivity contribution in [1.29, 1.82) is 0 Å². The average Bonchev–Trinajstić information content (AvgIpc) is 3.30. The first-order valence-electron chi connectivity index (χ1n) is 11.7. The van der Waals surface area contributed by atoms with E-state index in [0.29, 0.717) is 24.9 Å². The van der Waals surface area contributed by atoms with E-state index in [2.05, 4.69) is 19.7 Å². The van der Waals surface area contributed by atoms with Gasteiger partial charge in [0.1, 0.15) is 11.5 Å². The van der Waals surface area contributed by atoms with Crippen LogP contribution in [-0.4, -0.2) is 55.6 Å². The van der Waals surface area contributed by atoms with Crippen LogP contribution in [0.4, 0.5) is 10.5 Å². The molecular weight excluding hydrogens is 442 g/mol. The average molecular weight is 472 g/mol. The third-order valence-corrected chi connectivity index (χ3v) is 8.54. The van der Waals surface area contributed by atoms with E-state index in [9.17, 15) is 9.00 Å². The van der Waals surface area contributed by atoms with Crippen molar-refractivity contribution in [1.82, 2.24) is 19.7 Å². The zero-order chi connectivity index (χ0) is 22.7. The molecule has 2 amide bonds. The number of urea groups is 1. The number of rotatable bonds is 4. The van der Waals surface area contributed by atoms with E-state index in [0.717, 1.165) is 73.4 Å². The molecule has 176 valence electrons. The highest BCUT2D eigenvalue weighted by Gasteiger charge is 2.33. The lowest BCUT2D eigenvalue weighted by atomic mass is 10.0. The smallest absolute Gasteiger partial charge is 0.354 e. The second-order valence-corrected chi connectivity index (χ2v) is 11.3. The van der Waals surface area contributed by atoms with Crippen molar-refractivity contribution in [2.75, 3.05) is 25.0 Å². The predicted molar refractivity (Wildman–Crippen MR) is 123 cm³/mol. The summed E-state index contributed by atoms with van der Waals surface area (Å²) in [7, 11) is -3.52. The molecule has 2 fully saturated rings. The van der Waals surface area contributed by atoms with Crippen LogP contribution in [0.1, 0.15) is 54.1 Å². The lowest BCUT2D eigenvalue weighted by Gasteiger charge is -2.40. The molecule has 2 aromatic heterocycles. The summed E-state index contributed by atoms with van der Waals surface area (Å²) < 4.78 is 24.7. The van der Waals surface area contributed by atoms with Gasteiger partial charge in [0.05, 0.1) is 24.5 Å². The predicted octanol–water partition coefficient (Wildman–Crippen LogP) is 2.35. The Kier molecular flexibility index (Phi) is 4.96. The summed E-state index contributed by atoms with van der Waals surface area (Å²) in [4.78, 5) is 20.3. The fraction of sp³-hybridized carbons (Fsp3) is 0.591. The molecule has 0 aromatic carbocycles. The molecule has 4 aliphatic rings. The number of likely N-dealkylation sites (tertiary alicyclic amines) is 1. The van der Waals surface area contributed by atoms with Crippen molar-refractivity contribution in [3.05, 3.63) is 28.7 Å². The van der Waals surface area contributed by atoms with Gasteiger partial charge in [-0.2, -0.15) is 5.10 Å². The van der Waals surface area contributed by atoms with Crippen LogP contribution in [-0.2, 0) is 29.3 Å². The summed E-state index contributed by atoms with van der Waals surface area (Å²) in [5.74, 6) is 0.811. The van der Waals surface area contributed by atoms with E-state index in [1.165, 1.54) is 12.6 Å². The normalized spacial score (nSPS) is 23.6. The van der Waals surface area contributed by atoms with Crippen molar-refractivity contribution >= 4 is 21.6 Å². The number of aryl methyl sites for hydroxylation is 1. The first-order chi connectivity index (χ1) is 15.9. The monoisotopic (exact) mass is 471 g/mol. The van der Waals surface area contributed by atoms with Gasteiger partial charge in [-0.15, -0.1) is 4.36 Å². The number of ether oxygens (including phenoxy) is 1. The highest BCUT2D eigenvalue weighted by molar-refractivity contribution is 7.91. The summed E-state index contributed by atoms with van der Waals surface area (Å²) in [6.45, 7) is 5.23. The number of nitrogens with zero attached hydrogens (tertiary/aromatic N) is 5. The number of carbonyl (C=O) groups excluding carboxylic acids is 1. The Morgan fingerprint density at radius 2 is 2.12 bits per heavy atom. The zero-order valence-electron chi connectivity index (χ0n) is 18.7. The maximum Gasteiger partial charge on any atom is 0.354 e. The molecule has 3 N–H and O–H groups in total. The zero-order valence-corrected chi connectivity index (χ0v) is 19.6. The van der Waals surface area contributed by atoms with Gasteiger partial charge in [0.25, 0.3) is 0 Å². The van der Waals surface area contributed by atoms with Crippen molar-refractivity contribution < 1.29 is 13.7 Å². The van der Waals surface area contributed by atoms with Crippen LogP contribution in [0, 0.1) is 6.92 Å². The third-order valence-electron chi connectivity index (χ3n) is 7.20. The molecular formula is C22H29N7O3S. The molecule has 11 heteroatoms. The van der Waals surface area contributed by atoms with Crippen LogP contribution >= 0.6 is 0 Å². The Balaban J connectivity index is 1.27. The number of nitrogens with two attached hydrogens (primary N) is 1. The Labute approximate surface area is 193 Å². The summed E-state index contributed by atoms with van der Waals surface area (Å²) >= 11 is 0. The molecule has 2 aliphatic carbocycles. The standard InChI is InChI=1S/C22H29N7O3S/c1-13-19(14-6-7-14)25-17-5-2-4-16(17)20(13)26-22(30)27-33(23,31)18-10-24-29-11-15(12-32-21(18)29)28-8-3-9-28/h10,14-15H,2-9,11-12H2,1H3,(H3,23,25,26,27,30,31). The fourth-order valence-corrected chi connectivity index (χ4v) is 6.12. The van der Waals surface area contributed by atoms with Gasteiger partial charge in [0.2, 0.25) is 5.88 Å². The highest BCUT2D eigenvalue weighted by Crippen LogP contribution is 2.44. The molecule has 1 saturated carbocycles. The topological polar surface area (TPSA) is 128 Å². The van der Waals surface area contributed by atoms with Gasteiger partial charge in [0.15, 0.2) is 9.92 Å². The Bertz CT molecular complexity index is 1260. The van der Waals surface area contributed by atoms with Crippen molar-refractivity contribution in [3.63, 3.8) is 0 Å². The van der Waals surface area contributed by atoms with Gasteiger partial charge in [-0.1, -0.05) is 0 Å². The van der Waals surface area contributed by atoms with E-state index in [1.807, 2.05) is 6.92 Å². The molecule has 0 spiro atoms. The summed E-state index contributed by atoms with van der Waals surface area (Å²) in [5.41, 5.74) is 4.92. The number of pyridine rings is 1. The first-order valence-corrected chi connectivity index (χ1v) is 13.3. The Hall–Kier alpha value is -2.50. The van der Waals surface area contributed by atoms with E-state index >= 15 is 0 Å². The van der Waals surface area contributed by atoms with Crippen molar-refractivity contribution in [3.8, 4) is 5.88 Å². The SMILES string of the molecule is Cc1c(C2CC2)nc2c(c1NC(=O)N=S(N)(=O)c1cnn3c1OCC(N1CCC1)C3)CCC2. The van der Waals surface area contributed by atoms with Crippen LogP contribution < -0.4 is 15.2 Å². The number of anilines is 1. The quantitative estimate of drug-likeness (QED) is 0.705. The summed E-state index contributed by atoms with van der Waals surface area (Å²) in [6, 6.07) is -0.479. The summed E-state index contributed by atoms with van der Waals surface area (Å²) in [6.07, 6.45) is 7.67. The maximum atomic E-state index is 13.3. The number of nitrogens with one attached hydrogen (secondary N) is 1. The number of aromatic nitrogens is 3. The summed E-state index contributed by atoms with van der Waals surface area (Å²) in [5, 5.41) is 13.3. The molecule has 4 heterocycles. The molecule has 1 saturated heterocycles. The lowest BCUT2D eigenvalue weighted by Crippen LogP contribution is -2.51. The fourth-order valence-electron chi connectivity index (χ4n) is 5.12. The molecule has 2 unspecified atom stereocenters. The second kappa shape index (κ2) is 7.78. The molecule has 2 atom stereocenters. The molecule has 2 aliphatic heterocycles. The number of carbonyl (C=O) groups is 1. The Morgan fingerprint density at radius 1 is 1.30 bits per heavy atom. The number of fused-ring (bicyclic) bond motifs is 2. The highest BCUT2D eigenvalue weighted by atomic mass is 32.2. The van der Waals surface area contributed by atoms with Gasteiger partial charge in [0, 0.05) is 17.3 Å². The van der Waals surface area contributed by atoms with Gasteiger partial charge < -0.3 is 10.1 Å². The largest absolute Gasteiger partial charge is 0.475 e. The number of hydrogen-bond donors (Lipinski definition) is 2. The van der Waals surface area contributed by atoms with Crippen molar-refractivity contribution in [2.24, 2.45) is 9.50 Å². The van der Waals surface area contributed by atoms with Gasteiger partial charge in [-0.3, -0.25) is 9.88 Å². The van der Waals surface area contributed by atoms with Crippen LogP contribution in [0.15, 0.2) is 15.5 Å². The molecule has 0 radical (unpaired) electrons. The third kappa shape index (κ3) is 3.71. The van der Waals surface area contributed by atoms with Gasteiger partial charge in [-0.25, -0.2) is 18.8 Å². The molecule has 0 bridgehead atoms. The minimum atomic E-state index is -3.52. The van der Waals surface area contributed by atoms with Gasteiger partial charge >= 0.3 is 6.03 Å². The number of hydrogen-bond acceptors (Lipinski definition) is 6. The minimum Gasteiger partial charge on any atom is -0.475 e. The van der Waals surface area contributed by atoms with Crippen LogP contribution in [0.2, 0.25) is 0 Å². The van der Waals surface area contributed by atoms with Crippen LogP contribution in [0.5, 0.6) is 5.88 Å². The number of amides is 2. The van der Waals surface area contributed by atoms with Gasteiger partial charge in [-0.05, 0) is 69.7 Å². The second-order valence-electron chi connectivity index (χ2n) is 9.49.